The molecule has 1 aromatic heterocycles. The van der Waals surface area contributed by atoms with E-state index in [1.807, 2.05) is 0 Å². The molecule has 2 aromatic rings. The number of nitrogens with zero attached hydrogens (tertiary/aromatic N) is 1. The van der Waals surface area contributed by atoms with Crippen molar-refractivity contribution in [2.24, 2.45) is 0 Å². The summed E-state index contributed by atoms with van der Waals surface area (Å²) in [5.74, 6) is -2.42. The van der Waals surface area contributed by atoms with Gasteiger partial charge >= 0.3 is 5.97 Å². The van der Waals surface area contributed by atoms with Crippen molar-refractivity contribution in [1.82, 2.24) is 9.29 Å². The number of sulfonamides is 1. The number of esters is 1. The van der Waals surface area contributed by atoms with E-state index in [1.54, 1.807) is 0 Å². The number of ether oxygens (including phenoxy) is 2. The van der Waals surface area contributed by atoms with Crippen molar-refractivity contribution in [2.75, 3.05) is 38.2 Å². The van der Waals surface area contributed by atoms with Gasteiger partial charge in [0.2, 0.25) is 10.0 Å². The molecule has 2 N–H and O–H groups in total. The van der Waals surface area contributed by atoms with Gasteiger partial charge in [0.15, 0.2) is 6.61 Å². The van der Waals surface area contributed by atoms with Gasteiger partial charge in [-0.15, -0.1) is 0 Å². The molecule has 2 heterocycles. The summed E-state index contributed by atoms with van der Waals surface area (Å²) < 4.78 is 49.9. The van der Waals surface area contributed by atoms with Crippen molar-refractivity contribution in [3.8, 4) is 0 Å². The van der Waals surface area contributed by atoms with E-state index in [2.05, 4.69) is 10.3 Å². The molecule has 0 bridgehead atoms. The Morgan fingerprint density at radius 1 is 1.28 bits per heavy atom. The fourth-order valence-electron chi connectivity index (χ4n) is 2.57. The van der Waals surface area contributed by atoms with Gasteiger partial charge in [-0.2, -0.15) is 4.31 Å². The van der Waals surface area contributed by atoms with Crippen LogP contribution in [0.4, 0.5) is 10.1 Å². The maximum absolute atomic E-state index is 13.6. The predicted molar refractivity (Wildman–Crippen MR) is 101 cm³/mol. The van der Waals surface area contributed by atoms with Gasteiger partial charge in [-0.1, -0.05) is 11.6 Å². The lowest BCUT2D eigenvalue weighted by Crippen LogP contribution is -2.40. The minimum absolute atomic E-state index is 0.100. The average Bonchev–Trinajstić information content (AvgIpc) is 3.21. The molecule has 12 heteroatoms. The molecule has 29 heavy (non-hydrogen) atoms. The number of hydrogen-bond donors (Lipinski definition) is 2. The van der Waals surface area contributed by atoms with E-state index in [-0.39, 0.29) is 34.4 Å². The molecule has 1 aromatic carbocycles. The molecule has 0 saturated carbocycles. The Morgan fingerprint density at radius 3 is 2.72 bits per heavy atom. The zero-order valence-corrected chi connectivity index (χ0v) is 16.6. The number of morpholine rings is 1. The summed E-state index contributed by atoms with van der Waals surface area (Å²) in [5.41, 5.74) is -0.295. The van der Waals surface area contributed by atoms with E-state index >= 15 is 0 Å². The normalized spacial score (nSPS) is 15.1. The molecule has 1 fully saturated rings. The zero-order valence-electron chi connectivity index (χ0n) is 15.0. The number of benzene rings is 1. The van der Waals surface area contributed by atoms with E-state index in [0.717, 1.165) is 12.1 Å². The molecule has 1 amide bonds. The molecule has 0 aliphatic carbocycles. The molecule has 9 nitrogen and oxygen atoms in total. The summed E-state index contributed by atoms with van der Waals surface area (Å²) in [4.78, 5) is 26.4. The van der Waals surface area contributed by atoms with Crippen LogP contribution in [-0.4, -0.2) is 62.5 Å². The van der Waals surface area contributed by atoms with Crippen molar-refractivity contribution in [1.29, 1.82) is 0 Å². The fraction of sp³-hybridized carbons (Fsp3) is 0.294. The number of aromatic amines is 1. The molecule has 0 spiro atoms. The molecule has 156 valence electrons. The molecule has 0 radical (unpaired) electrons. The van der Waals surface area contributed by atoms with Crippen LogP contribution in [-0.2, 0) is 24.3 Å². The van der Waals surface area contributed by atoms with Crippen LogP contribution in [0.2, 0.25) is 5.02 Å². The Morgan fingerprint density at radius 2 is 2.00 bits per heavy atom. The van der Waals surface area contributed by atoms with E-state index in [1.165, 1.54) is 22.6 Å². The molecular formula is C17H17ClFN3O6S. The van der Waals surface area contributed by atoms with Gasteiger partial charge in [-0.3, -0.25) is 4.79 Å². The van der Waals surface area contributed by atoms with E-state index in [9.17, 15) is 22.4 Å². The number of carbonyl (C=O) groups excluding carboxylic acids is 2. The highest BCUT2D eigenvalue weighted by Gasteiger charge is 2.28. The topological polar surface area (TPSA) is 118 Å². The number of halogens is 2. The molecule has 3 rings (SSSR count). The quantitative estimate of drug-likeness (QED) is 0.652. The van der Waals surface area contributed by atoms with Gasteiger partial charge in [0.05, 0.1) is 18.9 Å². The van der Waals surface area contributed by atoms with Gasteiger partial charge in [0.1, 0.15) is 16.4 Å². The van der Waals surface area contributed by atoms with Gasteiger partial charge in [0.25, 0.3) is 5.91 Å². The maximum Gasteiger partial charge on any atom is 0.355 e. The maximum atomic E-state index is 13.6. The highest BCUT2D eigenvalue weighted by atomic mass is 35.5. The number of carbonyl (C=O) groups is 2. The summed E-state index contributed by atoms with van der Waals surface area (Å²) in [5, 5.41) is 2.45. The first kappa shape index (κ1) is 21.2. The second-order valence-electron chi connectivity index (χ2n) is 6.01. The van der Waals surface area contributed by atoms with Gasteiger partial charge < -0.3 is 19.8 Å². The number of amides is 1. The lowest BCUT2D eigenvalue weighted by Gasteiger charge is -2.25. The van der Waals surface area contributed by atoms with Gasteiger partial charge in [0, 0.05) is 24.3 Å². The minimum atomic E-state index is -3.77. The average molecular weight is 446 g/mol. The largest absolute Gasteiger partial charge is 0.451 e. The van der Waals surface area contributed by atoms with Crippen LogP contribution in [0.3, 0.4) is 0 Å². The second-order valence-corrected chi connectivity index (χ2v) is 8.39. The number of nitrogens with one attached hydrogen (secondary N) is 2. The van der Waals surface area contributed by atoms with Crippen LogP contribution in [0.1, 0.15) is 10.5 Å². The molecule has 0 atom stereocenters. The summed E-state index contributed by atoms with van der Waals surface area (Å²) in [6.45, 7) is 0.318. The first-order chi connectivity index (χ1) is 13.8. The Kier molecular flexibility index (Phi) is 6.52. The molecule has 1 saturated heterocycles. The smallest absolute Gasteiger partial charge is 0.355 e. The van der Waals surface area contributed by atoms with Gasteiger partial charge in [-0.25, -0.2) is 17.6 Å². The fourth-order valence-corrected chi connectivity index (χ4v) is 4.14. The molecule has 0 unspecified atom stereocenters. The van der Waals surface area contributed by atoms with Crippen LogP contribution < -0.4 is 5.32 Å². The number of aromatic nitrogens is 1. The van der Waals surface area contributed by atoms with Crippen molar-refractivity contribution in [3.05, 3.63) is 47.0 Å². The third-order valence-electron chi connectivity index (χ3n) is 4.02. The lowest BCUT2D eigenvalue weighted by molar-refractivity contribution is -0.119. The molecule has 1 aliphatic heterocycles. The summed E-state index contributed by atoms with van der Waals surface area (Å²) in [6, 6.07) is 4.74. The summed E-state index contributed by atoms with van der Waals surface area (Å²) in [6.07, 6.45) is 1.17. The van der Waals surface area contributed by atoms with Crippen molar-refractivity contribution in [2.45, 2.75) is 4.90 Å². The van der Waals surface area contributed by atoms with Crippen molar-refractivity contribution >= 4 is 39.2 Å². The van der Waals surface area contributed by atoms with Crippen molar-refractivity contribution in [3.63, 3.8) is 0 Å². The SMILES string of the molecule is O=C(COC(=O)c1cc(S(=O)(=O)N2CCOCC2)c[nH]1)Nc1cc(Cl)ccc1F. The van der Waals surface area contributed by atoms with E-state index in [4.69, 9.17) is 21.1 Å². The number of H-pyrrole nitrogens is 1. The van der Waals surface area contributed by atoms with Gasteiger partial charge in [-0.05, 0) is 24.3 Å². The third kappa shape index (κ3) is 5.12. The predicted octanol–water partition coefficient (Wildman–Crippen LogP) is 1.62. The summed E-state index contributed by atoms with van der Waals surface area (Å²) >= 11 is 5.74. The highest BCUT2D eigenvalue weighted by Crippen LogP contribution is 2.20. The zero-order chi connectivity index (χ0) is 21.0. The first-order valence-corrected chi connectivity index (χ1v) is 10.3. The van der Waals surface area contributed by atoms with Crippen LogP contribution in [0, 0.1) is 5.82 Å². The van der Waals surface area contributed by atoms with E-state index < -0.39 is 34.3 Å². The number of rotatable bonds is 6. The lowest BCUT2D eigenvalue weighted by atomic mass is 10.3. The number of anilines is 1. The van der Waals surface area contributed by atoms with Crippen LogP contribution in [0.15, 0.2) is 35.4 Å². The third-order valence-corrected chi connectivity index (χ3v) is 6.13. The minimum Gasteiger partial charge on any atom is -0.451 e. The molecule has 1 aliphatic rings. The Bertz CT molecular complexity index is 1020. The van der Waals surface area contributed by atoms with Crippen LogP contribution >= 0.6 is 11.6 Å². The Balaban J connectivity index is 1.59. The first-order valence-electron chi connectivity index (χ1n) is 8.46. The Hall–Kier alpha value is -2.47. The number of hydrogen-bond acceptors (Lipinski definition) is 6. The second kappa shape index (κ2) is 8.91. The van der Waals surface area contributed by atoms with Crippen LogP contribution in [0.5, 0.6) is 0 Å². The molecular weight excluding hydrogens is 429 g/mol. The van der Waals surface area contributed by atoms with E-state index in [0.29, 0.717) is 13.2 Å². The standard InChI is InChI=1S/C17H17ClFN3O6S/c18-11-1-2-13(19)14(7-11)21-16(23)10-28-17(24)15-8-12(9-20-15)29(25,26)22-3-5-27-6-4-22/h1-2,7-9,20H,3-6,10H2,(H,21,23). The summed E-state index contributed by atoms with van der Waals surface area (Å²) in [7, 11) is -3.77. The monoisotopic (exact) mass is 445 g/mol. The highest BCUT2D eigenvalue weighted by molar-refractivity contribution is 7.89. The van der Waals surface area contributed by atoms with Crippen LogP contribution in [0.25, 0.3) is 0 Å². The Labute approximate surface area is 170 Å². The van der Waals surface area contributed by atoms with Crippen molar-refractivity contribution < 1.29 is 31.9 Å².